The Labute approximate surface area is 175 Å². The highest BCUT2D eigenvalue weighted by molar-refractivity contribution is 5.74. The summed E-state index contributed by atoms with van der Waals surface area (Å²) in [5, 5.41) is 13.8. The highest BCUT2D eigenvalue weighted by atomic mass is 16.5. The monoisotopic (exact) mass is 425 g/mol. The van der Waals surface area contributed by atoms with Gasteiger partial charge < -0.3 is 29.3 Å². The minimum atomic E-state index is -0.250. The first-order valence-electron chi connectivity index (χ1n) is 10.6. The number of morpholine rings is 1. The Balaban J connectivity index is 0.000000806. The molecule has 0 aromatic carbocycles. The van der Waals surface area contributed by atoms with Gasteiger partial charge in [0.25, 0.3) is 12.4 Å². The molecule has 11 nitrogen and oxygen atoms in total. The molecule has 3 aliphatic rings. The predicted octanol–water partition coefficient (Wildman–Crippen LogP) is 0.671. The third kappa shape index (κ3) is 6.38. The van der Waals surface area contributed by atoms with E-state index in [0.29, 0.717) is 30.7 Å². The van der Waals surface area contributed by atoms with Gasteiger partial charge in [-0.1, -0.05) is 5.16 Å². The van der Waals surface area contributed by atoms with E-state index >= 15 is 0 Å². The fourth-order valence-electron chi connectivity index (χ4n) is 4.04. The van der Waals surface area contributed by atoms with Crippen LogP contribution >= 0.6 is 0 Å². The van der Waals surface area contributed by atoms with Gasteiger partial charge >= 0.3 is 6.03 Å². The molecule has 1 unspecified atom stereocenters. The first-order valence-corrected chi connectivity index (χ1v) is 10.6. The normalized spacial score (nSPS) is 22.9. The van der Waals surface area contributed by atoms with Crippen molar-refractivity contribution in [1.29, 1.82) is 0 Å². The zero-order valence-electron chi connectivity index (χ0n) is 17.2. The first kappa shape index (κ1) is 22.4. The predicted molar refractivity (Wildman–Crippen MR) is 105 cm³/mol. The second-order valence-corrected chi connectivity index (χ2v) is 7.50. The minimum Gasteiger partial charge on any atom is -0.483 e. The van der Waals surface area contributed by atoms with Crippen LogP contribution in [0.4, 0.5) is 4.79 Å². The summed E-state index contributed by atoms with van der Waals surface area (Å²) >= 11 is 0. The van der Waals surface area contributed by atoms with Crippen molar-refractivity contribution in [3.8, 4) is 0 Å². The molecular weight excluding hydrogens is 394 g/mol. The molecule has 2 N–H and O–H groups in total. The summed E-state index contributed by atoms with van der Waals surface area (Å²) in [5.74, 6) is 1.17. The number of urea groups is 1. The van der Waals surface area contributed by atoms with Crippen LogP contribution in [0.25, 0.3) is 0 Å². The van der Waals surface area contributed by atoms with Crippen molar-refractivity contribution in [2.75, 3.05) is 52.5 Å². The third-order valence-electron chi connectivity index (χ3n) is 5.63. The molecule has 3 aliphatic heterocycles. The summed E-state index contributed by atoms with van der Waals surface area (Å²) < 4.78 is 16.2. The fraction of sp³-hybridized carbons (Fsp3) is 0.789. The standard InChI is InChI=1S/C18H29N5O4.CH2O2/c24-18(23-7-4-14(5-8-23)22-9-12-25-13-10-22)19-6-3-16-20-17(27-21-16)15-2-1-11-26-15;2-1-3/h14-15H,1-13H2,(H,19,24);1H,(H,2,3). The molecule has 0 bridgehead atoms. The highest BCUT2D eigenvalue weighted by Gasteiger charge is 2.28. The van der Waals surface area contributed by atoms with Gasteiger partial charge in [-0.2, -0.15) is 4.98 Å². The van der Waals surface area contributed by atoms with Crippen LogP contribution in [0.3, 0.4) is 0 Å². The summed E-state index contributed by atoms with van der Waals surface area (Å²) in [6, 6.07) is 0.576. The zero-order valence-corrected chi connectivity index (χ0v) is 17.2. The maximum Gasteiger partial charge on any atom is 0.317 e. The number of amides is 2. The molecule has 3 saturated heterocycles. The molecular formula is C19H31N5O6. The largest absolute Gasteiger partial charge is 0.483 e. The summed E-state index contributed by atoms with van der Waals surface area (Å²) in [7, 11) is 0. The van der Waals surface area contributed by atoms with E-state index in [4.69, 9.17) is 23.9 Å². The molecule has 0 radical (unpaired) electrons. The van der Waals surface area contributed by atoms with E-state index in [1.807, 2.05) is 4.90 Å². The Kier molecular flexibility index (Phi) is 8.84. The average molecular weight is 425 g/mol. The Morgan fingerprint density at radius 1 is 1.17 bits per heavy atom. The van der Waals surface area contributed by atoms with Crippen molar-refractivity contribution in [3.63, 3.8) is 0 Å². The summed E-state index contributed by atoms with van der Waals surface area (Å²) in [6.45, 7) is 6.29. The number of likely N-dealkylation sites (tertiary alicyclic amines) is 1. The topological polar surface area (TPSA) is 130 Å². The lowest BCUT2D eigenvalue weighted by Crippen LogP contribution is -2.52. The number of hydrogen-bond donors (Lipinski definition) is 2. The number of rotatable bonds is 5. The third-order valence-corrected chi connectivity index (χ3v) is 5.63. The van der Waals surface area contributed by atoms with Crippen LogP contribution in [0.15, 0.2) is 4.52 Å². The smallest absolute Gasteiger partial charge is 0.317 e. The van der Waals surface area contributed by atoms with Crippen molar-refractivity contribution in [2.24, 2.45) is 0 Å². The van der Waals surface area contributed by atoms with Crippen molar-refractivity contribution < 1.29 is 28.7 Å². The van der Waals surface area contributed by atoms with E-state index in [-0.39, 0.29) is 18.6 Å². The molecule has 4 heterocycles. The van der Waals surface area contributed by atoms with Gasteiger partial charge in [0.2, 0.25) is 0 Å². The molecule has 3 fully saturated rings. The molecule has 11 heteroatoms. The van der Waals surface area contributed by atoms with E-state index < -0.39 is 0 Å². The number of piperidine rings is 1. The number of aromatic nitrogens is 2. The van der Waals surface area contributed by atoms with Gasteiger partial charge in [0.15, 0.2) is 5.82 Å². The van der Waals surface area contributed by atoms with E-state index in [1.165, 1.54) is 0 Å². The van der Waals surface area contributed by atoms with Gasteiger partial charge in [0, 0.05) is 51.8 Å². The van der Waals surface area contributed by atoms with Gasteiger partial charge in [0.05, 0.1) is 13.2 Å². The Morgan fingerprint density at radius 2 is 1.90 bits per heavy atom. The molecule has 0 spiro atoms. The van der Waals surface area contributed by atoms with Gasteiger partial charge in [-0.15, -0.1) is 0 Å². The first-order chi connectivity index (χ1) is 14.7. The number of nitrogens with one attached hydrogen (secondary N) is 1. The van der Waals surface area contributed by atoms with Crippen molar-refractivity contribution in [3.05, 3.63) is 11.7 Å². The Morgan fingerprint density at radius 3 is 2.57 bits per heavy atom. The van der Waals surface area contributed by atoms with Gasteiger partial charge in [-0.3, -0.25) is 9.69 Å². The fourth-order valence-corrected chi connectivity index (χ4v) is 4.04. The SMILES string of the molecule is O=C(NCCc1noc(C2CCCO2)n1)N1CCC(N2CCOCC2)CC1.O=CO. The molecule has 0 aliphatic carbocycles. The maximum absolute atomic E-state index is 12.4. The number of carbonyl (C=O) groups is 2. The van der Waals surface area contributed by atoms with Gasteiger partial charge in [-0.05, 0) is 25.7 Å². The van der Waals surface area contributed by atoms with E-state index in [0.717, 1.165) is 71.7 Å². The lowest BCUT2D eigenvalue weighted by molar-refractivity contribution is -0.122. The van der Waals surface area contributed by atoms with Crippen LogP contribution in [0, 0.1) is 0 Å². The summed E-state index contributed by atoms with van der Waals surface area (Å²) in [5.41, 5.74) is 0. The van der Waals surface area contributed by atoms with Crippen molar-refractivity contribution in [2.45, 2.75) is 44.2 Å². The molecule has 1 aromatic heterocycles. The summed E-state index contributed by atoms with van der Waals surface area (Å²) in [4.78, 5) is 29.5. The number of ether oxygens (including phenoxy) is 2. The molecule has 1 aromatic rings. The highest BCUT2D eigenvalue weighted by Crippen LogP contribution is 2.26. The van der Waals surface area contributed by atoms with Crippen LogP contribution in [0.5, 0.6) is 0 Å². The lowest BCUT2D eigenvalue weighted by atomic mass is 10.0. The van der Waals surface area contributed by atoms with E-state index in [9.17, 15) is 4.79 Å². The molecule has 2 amide bonds. The average Bonchev–Trinajstić information content (AvgIpc) is 3.47. The van der Waals surface area contributed by atoms with Crippen LogP contribution in [0.1, 0.15) is 43.5 Å². The van der Waals surface area contributed by atoms with Crippen molar-refractivity contribution in [1.82, 2.24) is 25.3 Å². The van der Waals surface area contributed by atoms with Gasteiger partial charge in [0.1, 0.15) is 6.10 Å². The van der Waals surface area contributed by atoms with Crippen LogP contribution in [0.2, 0.25) is 0 Å². The Bertz CT molecular complexity index is 652. The van der Waals surface area contributed by atoms with Crippen LogP contribution in [-0.2, 0) is 20.7 Å². The maximum atomic E-state index is 12.4. The molecule has 4 rings (SSSR count). The van der Waals surface area contributed by atoms with Gasteiger partial charge in [-0.25, -0.2) is 4.79 Å². The number of carboxylic acid groups (broad SMARTS) is 1. The summed E-state index contributed by atoms with van der Waals surface area (Å²) in [6.07, 6.45) is 4.52. The van der Waals surface area contributed by atoms with E-state index in [1.54, 1.807) is 0 Å². The van der Waals surface area contributed by atoms with Crippen molar-refractivity contribution >= 4 is 12.5 Å². The second-order valence-electron chi connectivity index (χ2n) is 7.50. The molecule has 30 heavy (non-hydrogen) atoms. The number of nitrogens with zero attached hydrogens (tertiary/aromatic N) is 4. The molecule has 0 saturated carbocycles. The van der Waals surface area contributed by atoms with Crippen LogP contribution in [-0.4, -0.2) is 96.1 Å². The number of carbonyl (C=O) groups excluding carboxylic acids is 1. The Hall–Kier alpha value is -2.24. The zero-order chi connectivity index (χ0) is 21.2. The minimum absolute atomic E-state index is 0.00160. The van der Waals surface area contributed by atoms with Crippen LogP contribution < -0.4 is 5.32 Å². The second kappa shape index (κ2) is 11.8. The molecule has 168 valence electrons. The van der Waals surface area contributed by atoms with E-state index in [2.05, 4.69) is 20.4 Å². The quantitative estimate of drug-likeness (QED) is 0.654. The lowest BCUT2D eigenvalue weighted by Gasteiger charge is -2.40. The number of hydrogen-bond acceptors (Lipinski definition) is 8. The molecule has 1 atom stereocenters.